The predicted octanol–water partition coefficient (Wildman–Crippen LogP) is 4.57. The Hall–Kier alpha value is -4.23. The number of anilines is 1. The van der Waals surface area contributed by atoms with Crippen molar-refractivity contribution >= 4 is 17.3 Å². The largest absolute Gasteiger partial charge is 0.307 e. The summed E-state index contributed by atoms with van der Waals surface area (Å²) in [5.41, 5.74) is -2.10. The summed E-state index contributed by atoms with van der Waals surface area (Å²) in [5, 5.41) is 31.7. The second kappa shape index (κ2) is 8.25. The molecule has 1 atom stereocenters. The highest BCUT2D eigenvalue weighted by Crippen LogP contribution is 2.56. The first-order valence-electron chi connectivity index (χ1n) is 9.60. The fraction of sp³-hybridized carbons (Fsp3) is 0.208. The number of carbonyl (C=O) groups excluding carboxylic acids is 1. The lowest BCUT2D eigenvalue weighted by atomic mass is 9.58. The molecule has 0 bridgehead atoms. The van der Waals surface area contributed by atoms with E-state index in [1.54, 1.807) is 0 Å². The molecule has 0 radical (unpaired) electrons. The van der Waals surface area contributed by atoms with E-state index >= 15 is 0 Å². The Morgan fingerprint density at radius 3 is 2.35 bits per heavy atom. The first-order valence-corrected chi connectivity index (χ1v) is 9.60. The molecule has 0 saturated carbocycles. The zero-order valence-corrected chi connectivity index (χ0v) is 16.8. The zero-order valence-electron chi connectivity index (χ0n) is 16.8. The molecule has 154 valence electrons. The van der Waals surface area contributed by atoms with Crippen molar-refractivity contribution in [3.8, 4) is 12.1 Å². The van der Waals surface area contributed by atoms with Crippen LogP contribution in [0.4, 0.5) is 11.4 Å². The van der Waals surface area contributed by atoms with Crippen molar-refractivity contribution in [2.45, 2.75) is 24.8 Å². The number of nitrogens with zero attached hydrogens (tertiary/aromatic N) is 4. The molecular weight excluding hydrogens is 392 g/mol. The van der Waals surface area contributed by atoms with E-state index in [1.807, 2.05) is 42.5 Å². The summed E-state index contributed by atoms with van der Waals surface area (Å²) in [6, 6.07) is 17.5. The lowest BCUT2D eigenvalue weighted by Crippen LogP contribution is -2.51. The Morgan fingerprint density at radius 2 is 1.81 bits per heavy atom. The summed E-state index contributed by atoms with van der Waals surface area (Å²) in [4.78, 5) is 26.4. The molecule has 1 heterocycles. The number of non-ortho nitro benzene ring substituents is 1. The topological polar surface area (TPSA) is 111 Å². The number of rotatable bonds is 8. The van der Waals surface area contributed by atoms with Crippen LogP contribution in [-0.2, 0) is 16.8 Å². The number of nitro benzene ring substituents is 1. The van der Waals surface area contributed by atoms with Crippen molar-refractivity contribution in [2.24, 2.45) is 5.41 Å². The van der Waals surface area contributed by atoms with Crippen LogP contribution in [0.3, 0.4) is 0 Å². The van der Waals surface area contributed by atoms with Crippen LogP contribution in [0.15, 0.2) is 73.8 Å². The summed E-state index contributed by atoms with van der Waals surface area (Å²) >= 11 is 0. The van der Waals surface area contributed by atoms with E-state index < -0.39 is 21.7 Å². The summed E-state index contributed by atoms with van der Waals surface area (Å²) < 4.78 is 0. The van der Waals surface area contributed by atoms with Gasteiger partial charge in [-0.1, -0.05) is 42.5 Å². The number of allylic oxidation sites excluding steroid dienone is 2. The molecule has 2 aromatic rings. The monoisotopic (exact) mass is 412 g/mol. The maximum Gasteiger partial charge on any atom is 0.269 e. The van der Waals surface area contributed by atoms with Gasteiger partial charge in [0.05, 0.1) is 23.6 Å². The summed E-state index contributed by atoms with van der Waals surface area (Å²) in [6.07, 6.45) is 2.78. The lowest BCUT2D eigenvalue weighted by molar-refractivity contribution is -0.384. The van der Waals surface area contributed by atoms with E-state index in [0.717, 1.165) is 5.56 Å². The van der Waals surface area contributed by atoms with Gasteiger partial charge in [-0.2, -0.15) is 10.5 Å². The number of carbonyl (C=O) groups is 1. The van der Waals surface area contributed by atoms with Gasteiger partial charge in [0.1, 0.15) is 5.41 Å². The fourth-order valence-corrected chi connectivity index (χ4v) is 4.29. The second-order valence-corrected chi connectivity index (χ2v) is 7.36. The molecule has 0 aliphatic carbocycles. The molecule has 0 N–H and O–H groups in total. The van der Waals surface area contributed by atoms with Gasteiger partial charge in [0, 0.05) is 23.4 Å². The second-order valence-electron chi connectivity index (χ2n) is 7.36. The van der Waals surface area contributed by atoms with Crippen molar-refractivity contribution in [1.82, 2.24) is 0 Å². The van der Waals surface area contributed by atoms with E-state index in [1.165, 1.54) is 35.3 Å². The number of benzene rings is 2. The molecule has 1 unspecified atom stereocenters. The van der Waals surface area contributed by atoms with Gasteiger partial charge < -0.3 is 4.90 Å². The van der Waals surface area contributed by atoms with Crippen LogP contribution < -0.4 is 4.90 Å². The molecule has 0 fully saturated rings. The third-order valence-electron chi connectivity index (χ3n) is 5.75. The molecule has 1 aliphatic rings. The average molecular weight is 412 g/mol. The van der Waals surface area contributed by atoms with E-state index in [9.17, 15) is 25.4 Å². The Morgan fingerprint density at radius 1 is 1.13 bits per heavy atom. The molecule has 0 aromatic heterocycles. The number of nitro groups is 1. The van der Waals surface area contributed by atoms with Crippen LogP contribution in [0.2, 0.25) is 0 Å². The number of hydrogen-bond acceptors (Lipinski definition) is 5. The summed E-state index contributed by atoms with van der Waals surface area (Å²) in [7, 11) is 0. The summed E-state index contributed by atoms with van der Waals surface area (Å²) in [6.45, 7) is 7.59. The molecule has 3 rings (SSSR count). The molecule has 7 nitrogen and oxygen atoms in total. The van der Waals surface area contributed by atoms with Crippen molar-refractivity contribution in [1.29, 1.82) is 10.5 Å². The Labute approximate surface area is 180 Å². The van der Waals surface area contributed by atoms with Gasteiger partial charge in [-0.05, 0) is 24.5 Å². The Kier molecular flexibility index (Phi) is 5.72. The number of nitriles is 2. The third kappa shape index (κ3) is 3.17. The highest BCUT2D eigenvalue weighted by atomic mass is 16.6. The highest BCUT2D eigenvalue weighted by molar-refractivity contribution is 6.09. The Bertz CT molecular complexity index is 1130. The molecule has 0 spiro atoms. The molecular formula is C24H20N4O3. The number of fused-ring (bicyclic) bond motifs is 1. The first kappa shape index (κ1) is 21.5. The van der Waals surface area contributed by atoms with Gasteiger partial charge >= 0.3 is 0 Å². The minimum atomic E-state index is -1.81. The van der Waals surface area contributed by atoms with Gasteiger partial charge in [0.2, 0.25) is 5.91 Å². The van der Waals surface area contributed by atoms with Gasteiger partial charge in [-0.3, -0.25) is 14.9 Å². The molecule has 7 heteroatoms. The van der Waals surface area contributed by atoms with Gasteiger partial charge in [-0.25, -0.2) is 0 Å². The number of hydrogen-bond donors (Lipinski definition) is 0. The standard InChI is InChI=1S/C24H20N4O3/c1-3-12-23(16-25,17-26)24(13-4-2)20-14-19(28(30)31)10-11-21(20)27(22(24)29)15-18-8-6-5-7-9-18/h3-11,14H,1-2,12-13,15H2. The quantitative estimate of drug-likeness (QED) is 0.358. The van der Waals surface area contributed by atoms with Crippen molar-refractivity contribution < 1.29 is 9.72 Å². The van der Waals surface area contributed by atoms with E-state index in [-0.39, 0.29) is 30.6 Å². The molecule has 2 aromatic carbocycles. The van der Waals surface area contributed by atoms with Crippen LogP contribution >= 0.6 is 0 Å². The van der Waals surface area contributed by atoms with Crippen molar-refractivity contribution in [3.63, 3.8) is 0 Å². The van der Waals surface area contributed by atoms with Crippen molar-refractivity contribution in [2.75, 3.05) is 4.90 Å². The van der Waals surface area contributed by atoms with Crippen LogP contribution in [-0.4, -0.2) is 10.8 Å². The van der Waals surface area contributed by atoms with Crippen molar-refractivity contribution in [3.05, 3.63) is 95.1 Å². The highest BCUT2D eigenvalue weighted by Gasteiger charge is 2.63. The SMILES string of the molecule is C=CCC(C#N)(C#N)C1(CC=C)C(=O)N(Cc2ccccc2)c2ccc([N+](=O)[O-])cc21. The molecule has 0 saturated heterocycles. The van der Waals surface area contributed by atoms with E-state index in [4.69, 9.17) is 0 Å². The van der Waals surface area contributed by atoms with Crippen LogP contribution in [0.5, 0.6) is 0 Å². The van der Waals surface area contributed by atoms with Crippen LogP contribution in [0, 0.1) is 38.2 Å². The molecule has 1 aliphatic heterocycles. The lowest BCUT2D eigenvalue weighted by Gasteiger charge is -2.37. The maximum atomic E-state index is 14.0. The predicted molar refractivity (Wildman–Crippen MR) is 116 cm³/mol. The first-order chi connectivity index (χ1) is 14.9. The third-order valence-corrected chi connectivity index (χ3v) is 5.75. The minimum Gasteiger partial charge on any atom is -0.307 e. The van der Waals surface area contributed by atoms with Crippen LogP contribution in [0.1, 0.15) is 24.0 Å². The van der Waals surface area contributed by atoms with E-state index in [2.05, 4.69) is 13.2 Å². The van der Waals surface area contributed by atoms with Gasteiger partial charge in [0.25, 0.3) is 5.69 Å². The smallest absolute Gasteiger partial charge is 0.269 e. The average Bonchev–Trinajstić information content (AvgIpc) is 3.01. The van der Waals surface area contributed by atoms with Crippen LogP contribution in [0.25, 0.3) is 0 Å². The maximum absolute atomic E-state index is 14.0. The number of amides is 1. The van der Waals surface area contributed by atoms with E-state index in [0.29, 0.717) is 5.69 Å². The fourth-order valence-electron chi connectivity index (χ4n) is 4.29. The Balaban J connectivity index is 2.34. The van der Waals surface area contributed by atoms with Gasteiger partial charge in [-0.15, -0.1) is 13.2 Å². The van der Waals surface area contributed by atoms with Gasteiger partial charge in [0.15, 0.2) is 5.41 Å². The summed E-state index contributed by atoms with van der Waals surface area (Å²) in [5.74, 6) is -0.461. The molecule has 1 amide bonds. The minimum absolute atomic E-state index is 0.0275. The normalized spacial score (nSPS) is 17.4. The molecule has 31 heavy (non-hydrogen) atoms. The zero-order chi connectivity index (χ0) is 22.6.